The van der Waals surface area contributed by atoms with Crippen LogP contribution in [0.1, 0.15) is 53.6 Å². The van der Waals surface area contributed by atoms with Crippen molar-refractivity contribution in [3.8, 4) is 6.07 Å². The molecule has 0 aliphatic heterocycles. The van der Waals surface area contributed by atoms with Crippen LogP contribution in [0.25, 0.3) is 0 Å². The van der Waals surface area contributed by atoms with E-state index in [2.05, 4.69) is 18.3 Å². The van der Waals surface area contributed by atoms with Crippen LogP contribution in [0.3, 0.4) is 0 Å². The predicted molar refractivity (Wildman–Crippen MR) is 107 cm³/mol. The number of anilines is 1. The van der Waals surface area contributed by atoms with Gasteiger partial charge >= 0.3 is 0 Å². The van der Waals surface area contributed by atoms with E-state index in [1.165, 1.54) is 40.5 Å². The lowest BCUT2D eigenvalue weighted by molar-refractivity contribution is 0.102. The van der Waals surface area contributed by atoms with Gasteiger partial charge in [-0.15, -0.1) is 11.3 Å². The molecule has 5 nitrogen and oxygen atoms in total. The molecule has 2 aromatic rings. The van der Waals surface area contributed by atoms with Gasteiger partial charge in [-0.25, -0.2) is 8.42 Å². The lowest BCUT2D eigenvalue weighted by atomic mass is 9.88. The highest BCUT2D eigenvalue weighted by molar-refractivity contribution is 7.92. The molecular formula is C20H22N2O3S2. The van der Waals surface area contributed by atoms with Crippen LogP contribution in [0.4, 0.5) is 5.00 Å². The zero-order chi connectivity index (χ0) is 19.8. The van der Waals surface area contributed by atoms with Crippen molar-refractivity contribution in [1.82, 2.24) is 0 Å². The summed E-state index contributed by atoms with van der Waals surface area (Å²) in [5, 5.41) is 12.4. The molecule has 1 aliphatic rings. The molecule has 1 aliphatic carbocycles. The maximum absolute atomic E-state index is 12.6. The molecule has 1 aromatic heterocycles. The maximum atomic E-state index is 12.6. The lowest BCUT2D eigenvalue weighted by Gasteiger charge is -2.17. The first-order valence-electron chi connectivity index (χ1n) is 8.94. The van der Waals surface area contributed by atoms with Gasteiger partial charge in [-0.1, -0.05) is 6.92 Å². The fourth-order valence-electron chi connectivity index (χ4n) is 3.20. The molecule has 0 fully saturated rings. The molecule has 3 rings (SSSR count). The number of amides is 1. The van der Waals surface area contributed by atoms with Crippen molar-refractivity contribution in [3.05, 3.63) is 45.8 Å². The van der Waals surface area contributed by atoms with Gasteiger partial charge in [0.15, 0.2) is 9.84 Å². The van der Waals surface area contributed by atoms with Crippen LogP contribution in [-0.4, -0.2) is 19.6 Å². The van der Waals surface area contributed by atoms with Crippen molar-refractivity contribution >= 4 is 32.1 Å². The van der Waals surface area contributed by atoms with E-state index >= 15 is 0 Å². The van der Waals surface area contributed by atoms with Gasteiger partial charge in [0.2, 0.25) is 0 Å². The summed E-state index contributed by atoms with van der Waals surface area (Å²) in [7, 11) is -3.37. The van der Waals surface area contributed by atoms with Gasteiger partial charge in [0, 0.05) is 10.4 Å². The van der Waals surface area contributed by atoms with Gasteiger partial charge < -0.3 is 5.32 Å². The second kappa shape index (κ2) is 7.45. The van der Waals surface area contributed by atoms with Crippen LogP contribution in [0.15, 0.2) is 29.2 Å². The molecule has 0 saturated carbocycles. The van der Waals surface area contributed by atoms with Crippen LogP contribution in [0.2, 0.25) is 0 Å². The second-order valence-corrected chi connectivity index (χ2v) is 10.8. The number of fused-ring (bicyclic) bond motifs is 1. The molecule has 1 N–H and O–H groups in total. The highest BCUT2D eigenvalue weighted by Crippen LogP contribution is 2.39. The number of carbonyl (C=O) groups excluding carboxylic acids is 1. The van der Waals surface area contributed by atoms with Crippen LogP contribution in [0.5, 0.6) is 0 Å². The first-order chi connectivity index (χ1) is 12.7. The summed E-state index contributed by atoms with van der Waals surface area (Å²) < 4.78 is 24.4. The Morgan fingerprint density at radius 3 is 2.56 bits per heavy atom. The number of nitrogens with one attached hydrogen (secondary N) is 1. The van der Waals surface area contributed by atoms with Gasteiger partial charge in [0.25, 0.3) is 5.91 Å². The number of benzene rings is 1. The van der Waals surface area contributed by atoms with E-state index in [4.69, 9.17) is 0 Å². The fourth-order valence-corrected chi connectivity index (χ4v) is 5.62. The molecule has 7 heteroatoms. The Morgan fingerprint density at radius 2 is 1.96 bits per heavy atom. The zero-order valence-corrected chi connectivity index (χ0v) is 17.2. The minimum Gasteiger partial charge on any atom is -0.312 e. The first kappa shape index (κ1) is 19.6. The van der Waals surface area contributed by atoms with Crippen molar-refractivity contribution < 1.29 is 13.2 Å². The van der Waals surface area contributed by atoms with Crippen LogP contribution >= 0.6 is 11.3 Å². The average molecular weight is 403 g/mol. The Balaban J connectivity index is 1.83. The Labute approximate surface area is 164 Å². The average Bonchev–Trinajstić information content (AvgIpc) is 2.97. The standard InChI is InChI=1S/C20H22N2O3S2/c1-12(2)27(24,25)15-7-5-14(6-8-15)19(23)22-20-17(11-21)16-9-4-13(3)10-18(16)26-20/h5-8,12-13H,4,9-10H2,1-3H3,(H,22,23)/t13-/m0/s1. The first-order valence-corrected chi connectivity index (χ1v) is 11.3. The van der Waals surface area contributed by atoms with E-state index < -0.39 is 15.1 Å². The molecular weight excluding hydrogens is 380 g/mol. The number of thiophene rings is 1. The van der Waals surface area contributed by atoms with E-state index in [0.717, 1.165) is 24.8 Å². The summed E-state index contributed by atoms with van der Waals surface area (Å²) in [5.41, 5.74) is 1.99. The highest BCUT2D eigenvalue weighted by atomic mass is 32.2. The smallest absolute Gasteiger partial charge is 0.256 e. The van der Waals surface area contributed by atoms with Crippen molar-refractivity contribution in [1.29, 1.82) is 5.26 Å². The van der Waals surface area contributed by atoms with E-state index in [9.17, 15) is 18.5 Å². The number of nitriles is 1. The Kier molecular flexibility index (Phi) is 5.41. The fraction of sp³-hybridized carbons (Fsp3) is 0.400. The van der Waals surface area contributed by atoms with Crippen molar-refractivity contribution in [2.45, 2.75) is 50.2 Å². The van der Waals surface area contributed by atoms with Gasteiger partial charge in [0.05, 0.1) is 15.7 Å². The van der Waals surface area contributed by atoms with Crippen LogP contribution < -0.4 is 5.32 Å². The third-order valence-electron chi connectivity index (χ3n) is 4.92. The number of rotatable bonds is 4. The second-order valence-electron chi connectivity index (χ2n) is 7.24. The van der Waals surface area contributed by atoms with Crippen LogP contribution in [-0.2, 0) is 22.7 Å². The molecule has 0 radical (unpaired) electrons. The number of hydrogen-bond donors (Lipinski definition) is 1. The largest absolute Gasteiger partial charge is 0.312 e. The molecule has 0 unspecified atom stereocenters. The van der Waals surface area contributed by atoms with E-state index in [0.29, 0.717) is 22.0 Å². The van der Waals surface area contributed by atoms with E-state index in [1.54, 1.807) is 13.8 Å². The molecule has 1 amide bonds. The number of hydrogen-bond acceptors (Lipinski definition) is 5. The molecule has 27 heavy (non-hydrogen) atoms. The monoisotopic (exact) mass is 402 g/mol. The highest BCUT2D eigenvalue weighted by Gasteiger charge is 2.25. The predicted octanol–water partition coefficient (Wildman–Crippen LogP) is 4.18. The summed E-state index contributed by atoms with van der Waals surface area (Å²) in [6, 6.07) is 8.16. The Bertz CT molecular complexity index is 1010. The van der Waals surface area contributed by atoms with Crippen LogP contribution in [0, 0.1) is 17.2 Å². The summed E-state index contributed by atoms with van der Waals surface area (Å²) in [6.07, 6.45) is 2.86. The van der Waals surface area contributed by atoms with E-state index in [1.807, 2.05) is 0 Å². The molecule has 0 saturated heterocycles. The SMILES string of the molecule is CC(C)S(=O)(=O)c1ccc(C(=O)Nc2sc3c(c2C#N)CC[C@H](C)C3)cc1. The Hall–Kier alpha value is -2.17. The van der Waals surface area contributed by atoms with E-state index in [-0.39, 0.29) is 10.8 Å². The minimum absolute atomic E-state index is 0.201. The minimum atomic E-state index is -3.37. The maximum Gasteiger partial charge on any atom is 0.256 e. The van der Waals surface area contributed by atoms with Crippen molar-refractivity contribution in [2.75, 3.05) is 5.32 Å². The van der Waals surface area contributed by atoms with Crippen molar-refractivity contribution in [3.63, 3.8) is 0 Å². The third-order valence-corrected chi connectivity index (χ3v) is 8.26. The molecule has 0 spiro atoms. The number of sulfone groups is 1. The van der Waals surface area contributed by atoms with Gasteiger partial charge in [0.1, 0.15) is 11.1 Å². The van der Waals surface area contributed by atoms with Crippen molar-refractivity contribution in [2.24, 2.45) is 5.92 Å². The molecule has 0 bridgehead atoms. The van der Waals surface area contributed by atoms with Gasteiger partial charge in [-0.05, 0) is 68.9 Å². The van der Waals surface area contributed by atoms with Gasteiger partial charge in [-0.2, -0.15) is 5.26 Å². The quantitative estimate of drug-likeness (QED) is 0.831. The summed E-state index contributed by atoms with van der Waals surface area (Å²) in [5.74, 6) is 0.244. The topological polar surface area (TPSA) is 87.0 Å². The zero-order valence-electron chi connectivity index (χ0n) is 15.6. The third kappa shape index (κ3) is 3.78. The molecule has 1 aromatic carbocycles. The number of carbonyl (C=O) groups is 1. The summed E-state index contributed by atoms with van der Waals surface area (Å²) in [4.78, 5) is 14.0. The Morgan fingerprint density at radius 1 is 1.30 bits per heavy atom. The number of nitrogens with zero attached hydrogens (tertiary/aromatic N) is 1. The summed E-state index contributed by atoms with van der Waals surface area (Å²) >= 11 is 1.47. The molecule has 142 valence electrons. The normalized spacial score (nSPS) is 16.6. The molecule has 1 heterocycles. The molecule has 1 atom stereocenters. The summed E-state index contributed by atoms with van der Waals surface area (Å²) in [6.45, 7) is 5.44. The van der Waals surface area contributed by atoms with Gasteiger partial charge in [-0.3, -0.25) is 4.79 Å². The lowest BCUT2D eigenvalue weighted by Crippen LogP contribution is -2.15.